The molecule has 0 spiro atoms. The van der Waals surface area contributed by atoms with Gasteiger partial charge in [-0.15, -0.1) is 11.3 Å². The summed E-state index contributed by atoms with van der Waals surface area (Å²) in [7, 11) is -3.47. The van der Waals surface area contributed by atoms with E-state index in [1.54, 1.807) is 41.8 Å². The molecule has 1 aromatic heterocycles. The number of carboxylic acid groups (broad SMARTS) is 1. The van der Waals surface area contributed by atoms with E-state index in [9.17, 15) is 13.2 Å². The normalized spacial score (nSPS) is 11.4. The van der Waals surface area contributed by atoms with Crippen LogP contribution in [0, 0.1) is 6.92 Å². The van der Waals surface area contributed by atoms with Crippen molar-refractivity contribution >= 4 is 27.1 Å². The zero-order valence-electron chi connectivity index (χ0n) is 13.3. The molecule has 0 aliphatic carbocycles. The van der Waals surface area contributed by atoms with Crippen LogP contribution in [0.25, 0.3) is 10.6 Å². The van der Waals surface area contributed by atoms with Gasteiger partial charge in [0.15, 0.2) is 9.84 Å². The van der Waals surface area contributed by atoms with Gasteiger partial charge >= 0.3 is 5.97 Å². The highest BCUT2D eigenvalue weighted by atomic mass is 32.2. The molecule has 1 heterocycles. The molecular weight excluding hydrogens is 358 g/mol. The Morgan fingerprint density at radius 3 is 2.56 bits per heavy atom. The topological polar surface area (TPSA) is 84.3 Å². The Hall–Kier alpha value is -2.51. The molecule has 0 unspecified atom stereocenters. The maximum absolute atomic E-state index is 12.5. The molecule has 0 bridgehead atoms. The summed E-state index contributed by atoms with van der Waals surface area (Å²) in [4.78, 5) is 15.7. The quantitative estimate of drug-likeness (QED) is 0.735. The summed E-state index contributed by atoms with van der Waals surface area (Å²) >= 11 is 1.29. The highest BCUT2D eigenvalue weighted by Crippen LogP contribution is 2.26. The number of rotatable bonds is 5. The van der Waals surface area contributed by atoms with Crippen LogP contribution in [-0.4, -0.2) is 24.5 Å². The molecule has 3 rings (SSSR count). The number of hydrogen-bond donors (Lipinski definition) is 1. The van der Waals surface area contributed by atoms with Gasteiger partial charge in [0.25, 0.3) is 0 Å². The average Bonchev–Trinajstić information content (AvgIpc) is 3.03. The van der Waals surface area contributed by atoms with Crippen LogP contribution in [0.15, 0.2) is 58.8 Å². The number of aromatic carboxylic acids is 1. The lowest BCUT2D eigenvalue weighted by Gasteiger charge is -2.03. The van der Waals surface area contributed by atoms with Gasteiger partial charge in [0.2, 0.25) is 0 Å². The molecule has 0 radical (unpaired) electrons. The lowest BCUT2D eigenvalue weighted by molar-refractivity contribution is 0.0697. The highest BCUT2D eigenvalue weighted by Gasteiger charge is 2.18. The zero-order valence-corrected chi connectivity index (χ0v) is 15.0. The second-order valence-electron chi connectivity index (χ2n) is 5.60. The van der Waals surface area contributed by atoms with E-state index in [2.05, 4.69) is 4.98 Å². The summed E-state index contributed by atoms with van der Waals surface area (Å²) in [5.74, 6) is -1.20. The van der Waals surface area contributed by atoms with Crippen molar-refractivity contribution in [2.45, 2.75) is 17.6 Å². The van der Waals surface area contributed by atoms with Crippen LogP contribution in [0.2, 0.25) is 0 Å². The van der Waals surface area contributed by atoms with E-state index in [1.807, 2.05) is 6.92 Å². The summed E-state index contributed by atoms with van der Waals surface area (Å²) in [6.45, 7) is 1.90. The Balaban J connectivity index is 1.85. The minimum Gasteiger partial charge on any atom is -0.478 e. The fraction of sp³-hybridized carbons (Fsp3) is 0.111. The average molecular weight is 373 g/mol. The van der Waals surface area contributed by atoms with Gasteiger partial charge < -0.3 is 5.11 Å². The molecule has 3 aromatic rings. The van der Waals surface area contributed by atoms with Gasteiger partial charge in [0.05, 0.1) is 21.9 Å². The lowest BCUT2D eigenvalue weighted by Crippen LogP contribution is -2.05. The SMILES string of the molecule is Cc1ccc(S(=O)(=O)Cc2csc(-c3cccc(C(=O)O)c3)n2)cc1. The monoisotopic (exact) mass is 373 g/mol. The smallest absolute Gasteiger partial charge is 0.335 e. The first-order chi connectivity index (χ1) is 11.8. The standard InChI is InChI=1S/C18H15NO4S2/c1-12-5-7-16(8-6-12)25(22,23)11-15-10-24-17(19-15)13-3-2-4-14(9-13)18(20)21/h2-10H,11H2,1H3,(H,20,21). The Bertz CT molecular complexity index is 1020. The second-order valence-corrected chi connectivity index (χ2v) is 8.45. The Morgan fingerprint density at radius 1 is 1.16 bits per heavy atom. The van der Waals surface area contributed by atoms with Crippen LogP contribution in [0.5, 0.6) is 0 Å². The number of thiazole rings is 1. The molecule has 5 nitrogen and oxygen atoms in total. The molecule has 1 N–H and O–H groups in total. The summed E-state index contributed by atoms with van der Waals surface area (Å²) in [5.41, 5.74) is 2.26. The van der Waals surface area contributed by atoms with Crippen molar-refractivity contribution in [2.75, 3.05) is 0 Å². The predicted molar refractivity (Wildman–Crippen MR) is 96.6 cm³/mol. The van der Waals surface area contributed by atoms with Gasteiger partial charge in [0, 0.05) is 10.9 Å². The molecule has 0 fully saturated rings. The third kappa shape index (κ3) is 3.94. The van der Waals surface area contributed by atoms with Gasteiger partial charge in [-0.2, -0.15) is 0 Å². The number of aryl methyl sites for hydroxylation is 1. The van der Waals surface area contributed by atoms with Crippen molar-refractivity contribution in [2.24, 2.45) is 0 Å². The van der Waals surface area contributed by atoms with Gasteiger partial charge in [-0.3, -0.25) is 0 Å². The maximum Gasteiger partial charge on any atom is 0.335 e. The minimum atomic E-state index is -3.47. The van der Waals surface area contributed by atoms with Crippen LogP contribution in [0.1, 0.15) is 21.6 Å². The molecule has 0 aliphatic rings. The molecule has 0 aliphatic heterocycles. The third-order valence-electron chi connectivity index (χ3n) is 3.63. The van der Waals surface area contributed by atoms with E-state index < -0.39 is 15.8 Å². The van der Waals surface area contributed by atoms with Crippen LogP contribution in [0.3, 0.4) is 0 Å². The summed E-state index contributed by atoms with van der Waals surface area (Å²) in [6, 6.07) is 13.1. The molecule has 2 aromatic carbocycles. The second kappa shape index (κ2) is 6.78. The van der Waals surface area contributed by atoms with Crippen molar-refractivity contribution in [3.8, 4) is 10.6 Å². The Morgan fingerprint density at radius 2 is 1.88 bits per heavy atom. The van der Waals surface area contributed by atoms with E-state index in [-0.39, 0.29) is 16.2 Å². The zero-order chi connectivity index (χ0) is 18.0. The van der Waals surface area contributed by atoms with Crippen LogP contribution in [0.4, 0.5) is 0 Å². The number of carbonyl (C=O) groups is 1. The fourth-order valence-electron chi connectivity index (χ4n) is 2.31. The maximum atomic E-state index is 12.5. The highest BCUT2D eigenvalue weighted by molar-refractivity contribution is 7.90. The van der Waals surface area contributed by atoms with Crippen molar-refractivity contribution in [3.05, 3.63) is 70.7 Å². The summed E-state index contributed by atoms with van der Waals surface area (Å²) < 4.78 is 25.0. The van der Waals surface area contributed by atoms with Crippen LogP contribution >= 0.6 is 11.3 Å². The largest absolute Gasteiger partial charge is 0.478 e. The molecule has 128 valence electrons. The molecule has 0 saturated carbocycles. The molecule has 7 heteroatoms. The van der Waals surface area contributed by atoms with Gasteiger partial charge in [-0.1, -0.05) is 29.8 Å². The van der Waals surface area contributed by atoms with Gasteiger partial charge in [-0.25, -0.2) is 18.2 Å². The van der Waals surface area contributed by atoms with Crippen LogP contribution < -0.4 is 0 Å². The summed E-state index contributed by atoms with van der Waals surface area (Å²) in [5, 5.41) is 11.3. The minimum absolute atomic E-state index is 0.168. The number of benzene rings is 2. The molecule has 25 heavy (non-hydrogen) atoms. The number of aromatic nitrogens is 1. The van der Waals surface area contributed by atoms with Crippen LogP contribution in [-0.2, 0) is 15.6 Å². The van der Waals surface area contributed by atoms with E-state index in [4.69, 9.17) is 5.11 Å². The van der Waals surface area contributed by atoms with Crippen molar-refractivity contribution < 1.29 is 18.3 Å². The molecule has 0 saturated heterocycles. The molecule has 0 atom stereocenters. The van der Waals surface area contributed by atoms with Crippen molar-refractivity contribution in [1.29, 1.82) is 0 Å². The fourth-order valence-corrected chi connectivity index (χ4v) is 4.49. The third-order valence-corrected chi connectivity index (χ3v) is 6.23. The number of sulfone groups is 1. The van der Waals surface area contributed by atoms with Crippen molar-refractivity contribution in [1.82, 2.24) is 4.98 Å². The predicted octanol–water partition coefficient (Wildman–Crippen LogP) is 3.79. The van der Waals surface area contributed by atoms with Gasteiger partial charge in [-0.05, 0) is 31.2 Å². The van der Waals surface area contributed by atoms with E-state index in [0.29, 0.717) is 16.3 Å². The first-order valence-electron chi connectivity index (χ1n) is 7.43. The van der Waals surface area contributed by atoms with E-state index >= 15 is 0 Å². The number of nitrogens with zero attached hydrogens (tertiary/aromatic N) is 1. The Kier molecular flexibility index (Phi) is 4.69. The summed E-state index contributed by atoms with van der Waals surface area (Å²) in [6.07, 6.45) is 0. The first kappa shape index (κ1) is 17.3. The first-order valence-corrected chi connectivity index (χ1v) is 9.96. The number of carboxylic acids is 1. The molecular formula is C18H15NO4S2. The van der Waals surface area contributed by atoms with Gasteiger partial charge in [0.1, 0.15) is 5.01 Å². The Labute approximate surface area is 149 Å². The number of hydrogen-bond acceptors (Lipinski definition) is 5. The molecule has 0 amide bonds. The lowest BCUT2D eigenvalue weighted by atomic mass is 10.1. The van der Waals surface area contributed by atoms with E-state index in [0.717, 1.165) is 5.56 Å². The van der Waals surface area contributed by atoms with E-state index in [1.165, 1.54) is 23.5 Å². The van der Waals surface area contributed by atoms with Crippen molar-refractivity contribution in [3.63, 3.8) is 0 Å².